The Morgan fingerprint density at radius 1 is 1.50 bits per heavy atom. The van der Waals surface area contributed by atoms with Crippen molar-refractivity contribution in [1.82, 2.24) is 0 Å². The van der Waals surface area contributed by atoms with Crippen molar-refractivity contribution < 1.29 is 23.8 Å². The van der Waals surface area contributed by atoms with Gasteiger partial charge in [-0.2, -0.15) is 0 Å². The van der Waals surface area contributed by atoms with Crippen molar-refractivity contribution in [2.75, 3.05) is 13.2 Å². The first-order valence-corrected chi connectivity index (χ1v) is 6.50. The summed E-state index contributed by atoms with van der Waals surface area (Å²) in [6.45, 7) is 0.249. The molecule has 7 heteroatoms. The van der Waals surface area contributed by atoms with Gasteiger partial charge in [0.15, 0.2) is 0 Å². The van der Waals surface area contributed by atoms with E-state index in [1.165, 1.54) is 0 Å². The monoisotopic (exact) mass is 212 g/mol. The Hall–Kier alpha value is 0.530. The molecule has 3 unspecified atom stereocenters. The van der Waals surface area contributed by atoms with Crippen LogP contribution < -0.4 is 0 Å². The second kappa shape index (κ2) is 3.03. The van der Waals surface area contributed by atoms with Crippen LogP contribution in [0.4, 0.5) is 0 Å². The van der Waals surface area contributed by atoms with E-state index < -0.39 is 7.23 Å². The molecule has 2 aliphatic rings. The lowest BCUT2D eigenvalue weighted by Gasteiger charge is -2.14. The van der Waals surface area contributed by atoms with Crippen LogP contribution in [0.3, 0.4) is 0 Å². The number of rotatable bonds is 1. The number of fused-ring (bicyclic) bond motifs is 1. The second-order valence-electron chi connectivity index (χ2n) is 2.79. The molecule has 2 N–H and O–H groups in total. The summed E-state index contributed by atoms with van der Waals surface area (Å²) in [5.41, 5.74) is 0. The van der Waals surface area contributed by atoms with Gasteiger partial charge in [0.25, 0.3) is 7.23 Å². The third kappa shape index (κ3) is 1.47. The van der Waals surface area contributed by atoms with Crippen LogP contribution in [0.2, 0.25) is 0 Å². The zero-order valence-corrected chi connectivity index (χ0v) is 8.11. The number of hydrogen-bond donors (Lipinski definition) is 2. The molecule has 0 aromatic carbocycles. The van der Waals surface area contributed by atoms with Gasteiger partial charge in [-0.1, -0.05) is 0 Å². The molecule has 4 atom stereocenters. The zero-order valence-electron chi connectivity index (χ0n) is 6.21. The Morgan fingerprint density at radius 2 is 2.25 bits per heavy atom. The van der Waals surface area contributed by atoms with E-state index in [1.807, 2.05) is 0 Å². The summed E-state index contributed by atoms with van der Waals surface area (Å²) in [5, 5.41) is 8.84. The first kappa shape index (κ1) is 9.10. The van der Waals surface area contributed by atoms with Crippen LogP contribution in [0, 0.1) is 0 Å². The molecule has 0 aromatic rings. The van der Waals surface area contributed by atoms with E-state index in [1.54, 1.807) is 0 Å². The maximum atomic E-state index is 9.36. The first-order valence-electron chi connectivity index (χ1n) is 3.58. The van der Waals surface area contributed by atoms with Gasteiger partial charge in [0.1, 0.15) is 18.3 Å². The van der Waals surface area contributed by atoms with Gasteiger partial charge in [-0.15, -0.1) is 0 Å². The molecule has 2 saturated heterocycles. The molecule has 0 radical (unpaired) electrons. The highest BCUT2D eigenvalue weighted by molar-refractivity contribution is 7.89. The normalized spacial score (nSPS) is 52.7. The summed E-state index contributed by atoms with van der Waals surface area (Å²) in [4.78, 5) is 9.36. The molecule has 0 aliphatic carbocycles. The number of aliphatic hydroxyl groups excluding tert-OH is 1. The summed E-state index contributed by atoms with van der Waals surface area (Å²) < 4.78 is 15.4. The predicted molar refractivity (Wildman–Crippen MR) is 44.0 cm³/mol. The number of aliphatic hydroxyl groups is 1. The number of hydrogen-bond acceptors (Lipinski definition) is 4. The Kier molecular flexibility index (Phi) is 2.30. The first-order chi connectivity index (χ1) is 5.62. The second-order valence-corrected chi connectivity index (χ2v) is 5.95. The average Bonchev–Trinajstić information content (AvgIpc) is 2.42. The van der Waals surface area contributed by atoms with Crippen molar-refractivity contribution in [3.63, 3.8) is 0 Å². The van der Waals surface area contributed by atoms with Gasteiger partial charge in [0.05, 0.1) is 13.2 Å². The highest BCUT2D eigenvalue weighted by Crippen LogP contribution is 2.59. The van der Waals surface area contributed by atoms with Crippen LogP contribution in [0.25, 0.3) is 0 Å². The van der Waals surface area contributed by atoms with Gasteiger partial charge < -0.3 is 23.8 Å². The minimum absolute atomic E-state index is 0.114. The van der Waals surface area contributed by atoms with Gasteiger partial charge in [0.2, 0.25) is 0 Å². The van der Waals surface area contributed by atoms with Gasteiger partial charge >= 0.3 is 0 Å². The molecule has 0 spiro atoms. The lowest BCUT2D eigenvalue weighted by Crippen LogP contribution is -2.29. The van der Waals surface area contributed by atoms with Gasteiger partial charge in [-0.3, -0.25) is 0 Å². The topological polar surface area (TPSA) is 68.2 Å². The lowest BCUT2D eigenvalue weighted by atomic mass is 10.2. The number of ether oxygens (including phenoxy) is 1. The van der Waals surface area contributed by atoms with Crippen LogP contribution in [0.15, 0.2) is 0 Å². The minimum atomic E-state index is -2.81. The van der Waals surface area contributed by atoms with Crippen LogP contribution in [0.5, 0.6) is 0 Å². The predicted octanol–water partition coefficient (Wildman–Crippen LogP) is -0.0258. The molecule has 0 aromatic heterocycles. The van der Waals surface area contributed by atoms with E-state index in [9.17, 15) is 4.89 Å². The van der Waals surface area contributed by atoms with Gasteiger partial charge in [-0.05, 0) is 8.53 Å². The molecular weight excluding hydrogens is 202 g/mol. The van der Waals surface area contributed by atoms with Crippen molar-refractivity contribution >= 4 is 15.8 Å². The summed E-state index contributed by atoms with van der Waals surface area (Å²) in [6.07, 6.45) is -0.968. The molecule has 0 saturated carbocycles. The Balaban J connectivity index is 2.11. The van der Waals surface area contributed by atoms with Crippen LogP contribution in [-0.2, 0) is 13.8 Å². The third-order valence-corrected chi connectivity index (χ3v) is 3.65. The molecular formula is C5H10O5P2. The molecule has 2 rings (SSSR count). The SMILES string of the molecule is OC[C@H]1OCC2OP(O)(=P)OC21. The highest BCUT2D eigenvalue weighted by atomic mass is 31.8. The van der Waals surface area contributed by atoms with E-state index in [-0.39, 0.29) is 24.9 Å². The van der Waals surface area contributed by atoms with Crippen molar-refractivity contribution in [2.45, 2.75) is 18.3 Å². The zero-order chi connectivity index (χ0) is 8.77. The van der Waals surface area contributed by atoms with E-state index >= 15 is 0 Å². The molecule has 2 heterocycles. The minimum Gasteiger partial charge on any atom is -0.394 e. The van der Waals surface area contributed by atoms with Crippen molar-refractivity contribution in [3.05, 3.63) is 0 Å². The average molecular weight is 212 g/mol. The molecule has 70 valence electrons. The summed E-state index contributed by atoms with van der Waals surface area (Å²) >= 11 is 0. The Labute approximate surface area is 71.9 Å². The van der Waals surface area contributed by atoms with Gasteiger partial charge in [0, 0.05) is 0 Å². The smallest absolute Gasteiger partial charge is 0.274 e. The largest absolute Gasteiger partial charge is 0.394 e. The van der Waals surface area contributed by atoms with Crippen molar-refractivity contribution in [1.29, 1.82) is 0 Å². The molecule has 12 heavy (non-hydrogen) atoms. The van der Waals surface area contributed by atoms with Crippen LogP contribution >= 0.6 is 15.8 Å². The Bertz CT molecular complexity index is 232. The third-order valence-electron chi connectivity index (χ3n) is 1.93. The van der Waals surface area contributed by atoms with Crippen LogP contribution in [0.1, 0.15) is 0 Å². The van der Waals surface area contributed by atoms with Crippen LogP contribution in [-0.4, -0.2) is 41.5 Å². The van der Waals surface area contributed by atoms with Gasteiger partial charge in [-0.25, -0.2) is 0 Å². The molecule has 0 bridgehead atoms. The lowest BCUT2D eigenvalue weighted by molar-refractivity contribution is 0.0128. The maximum Gasteiger partial charge on any atom is 0.274 e. The fourth-order valence-corrected chi connectivity index (χ4v) is 3.37. The molecule has 5 nitrogen and oxygen atoms in total. The Morgan fingerprint density at radius 3 is 2.92 bits per heavy atom. The van der Waals surface area contributed by atoms with Crippen molar-refractivity contribution in [3.8, 4) is 0 Å². The van der Waals surface area contributed by atoms with E-state index in [0.29, 0.717) is 6.61 Å². The summed E-state index contributed by atoms with van der Waals surface area (Å²) in [5.74, 6) is 0. The fraction of sp³-hybridized carbons (Fsp3) is 1.00. The summed E-state index contributed by atoms with van der Waals surface area (Å²) in [7, 11) is 0.185. The maximum absolute atomic E-state index is 9.36. The van der Waals surface area contributed by atoms with E-state index in [0.717, 1.165) is 0 Å². The molecule has 2 aliphatic heterocycles. The fourth-order valence-electron chi connectivity index (χ4n) is 1.40. The van der Waals surface area contributed by atoms with E-state index in [2.05, 4.69) is 8.53 Å². The van der Waals surface area contributed by atoms with E-state index in [4.69, 9.17) is 18.9 Å². The summed E-state index contributed by atoms with van der Waals surface area (Å²) in [6, 6.07) is 0. The van der Waals surface area contributed by atoms with Crippen molar-refractivity contribution in [2.24, 2.45) is 0 Å². The highest BCUT2D eigenvalue weighted by Gasteiger charge is 2.48. The molecule has 0 amide bonds. The standard InChI is InChI=1S/C5H10O5P2/c6-1-3-5-4(2-8-3)9-12(7,11)10-5/h3-7,11H,1-2H2/t3-,4?,5?,12?/m1/s1. The molecule has 2 fully saturated rings. The quantitative estimate of drug-likeness (QED) is 0.597.